The smallest absolute Gasteiger partial charge is 0.261 e. The second-order valence-electron chi connectivity index (χ2n) is 6.59. The zero-order chi connectivity index (χ0) is 20.1. The van der Waals surface area contributed by atoms with E-state index in [1.807, 2.05) is 79.7 Å². The molecule has 0 spiro atoms. The van der Waals surface area contributed by atoms with Gasteiger partial charge in [0.05, 0.1) is 6.54 Å². The molecule has 0 aliphatic rings. The number of aromatic nitrogens is 2. The minimum atomic E-state index is -0.614. The number of ether oxygens (including phenoxy) is 1. The molecular formula is C23H21N3O3. The van der Waals surface area contributed by atoms with Crippen molar-refractivity contribution in [2.45, 2.75) is 26.0 Å². The minimum absolute atomic E-state index is 0.147. The molecule has 0 saturated carbocycles. The molecule has 4 aromatic rings. The third kappa shape index (κ3) is 4.27. The number of hydrogen-bond acceptors (Lipinski definition) is 5. The van der Waals surface area contributed by atoms with Crippen LogP contribution in [0.5, 0.6) is 5.75 Å². The summed E-state index contributed by atoms with van der Waals surface area (Å²) in [6.07, 6.45) is -0.0777. The lowest BCUT2D eigenvalue weighted by Gasteiger charge is -2.18. The summed E-state index contributed by atoms with van der Waals surface area (Å²) in [5.74, 6) is 1.31. The van der Waals surface area contributed by atoms with E-state index in [9.17, 15) is 4.79 Å². The Kier molecular flexibility index (Phi) is 5.52. The molecule has 0 aliphatic carbocycles. The first-order chi connectivity index (χ1) is 14.2. The predicted octanol–water partition coefficient (Wildman–Crippen LogP) is 4.36. The molecule has 1 atom stereocenters. The quantitative estimate of drug-likeness (QED) is 0.510. The number of nitrogens with one attached hydrogen (secondary N) is 1. The maximum Gasteiger partial charge on any atom is 0.261 e. The van der Waals surface area contributed by atoms with E-state index in [4.69, 9.17) is 9.26 Å². The van der Waals surface area contributed by atoms with Crippen LogP contribution in [0.3, 0.4) is 0 Å². The highest BCUT2D eigenvalue weighted by atomic mass is 16.5. The molecule has 0 radical (unpaired) electrons. The summed E-state index contributed by atoms with van der Waals surface area (Å²) in [7, 11) is 0. The van der Waals surface area contributed by atoms with Gasteiger partial charge < -0.3 is 14.6 Å². The third-order valence-electron chi connectivity index (χ3n) is 4.60. The highest BCUT2D eigenvalue weighted by molar-refractivity contribution is 5.89. The molecule has 146 valence electrons. The van der Waals surface area contributed by atoms with Crippen LogP contribution in [-0.2, 0) is 11.3 Å². The zero-order valence-electron chi connectivity index (χ0n) is 16.0. The van der Waals surface area contributed by atoms with Gasteiger partial charge in [-0.05, 0) is 17.9 Å². The summed E-state index contributed by atoms with van der Waals surface area (Å²) in [4.78, 5) is 17.0. The Morgan fingerprint density at radius 2 is 1.79 bits per heavy atom. The fourth-order valence-corrected chi connectivity index (χ4v) is 3.08. The topological polar surface area (TPSA) is 77.2 Å². The number of fused-ring (bicyclic) bond motifs is 1. The Morgan fingerprint density at radius 3 is 2.62 bits per heavy atom. The van der Waals surface area contributed by atoms with E-state index in [0.717, 1.165) is 16.3 Å². The van der Waals surface area contributed by atoms with Gasteiger partial charge in [0.25, 0.3) is 5.91 Å². The van der Waals surface area contributed by atoms with Crippen molar-refractivity contribution < 1.29 is 14.1 Å². The Labute approximate surface area is 168 Å². The maximum absolute atomic E-state index is 12.6. The van der Waals surface area contributed by atoms with Gasteiger partial charge in [-0.1, -0.05) is 78.8 Å². The number of hydrogen-bond donors (Lipinski definition) is 1. The number of benzene rings is 3. The number of carbonyl (C=O) groups excluding carboxylic acids is 1. The fourth-order valence-electron chi connectivity index (χ4n) is 3.08. The lowest BCUT2D eigenvalue weighted by Crippen LogP contribution is -2.37. The van der Waals surface area contributed by atoms with Crippen molar-refractivity contribution in [2.75, 3.05) is 0 Å². The molecule has 6 nitrogen and oxygen atoms in total. The van der Waals surface area contributed by atoms with Crippen molar-refractivity contribution in [3.8, 4) is 17.1 Å². The summed E-state index contributed by atoms with van der Waals surface area (Å²) in [6.45, 7) is 2.06. The molecular weight excluding hydrogens is 366 g/mol. The lowest BCUT2D eigenvalue weighted by atomic mass is 10.1. The molecule has 1 N–H and O–H groups in total. The molecule has 0 bridgehead atoms. The van der Waals surface area contributed by atoms with E-state index in [0.29, 0.717) is 23.9 Å². The average molecular weight is 387 g/mol. The number of carbonyl (C=O) groups is 1. The van der Waals surface area contributed by atoms with Crippen LogP contribution in [0.4, 0.5) is 0 Å². The summed E-state index contributed by atoms with van der Waals surface area (Å²) in [5, 5.41) is 8.83. The van der Waals surface area contributed by atoms with E-state index in [2.05, 4.69) is 15.5 Å². The second-order valence-corrected chi connectivity index (χ2v) is 6.59. The van der Waals surface area contributed by atoms with Crippen molar-refractivity contribution >= 4 is 16.7 Å². The lowest BCUT2D eigenvalue weighted by molar-refractivity contribution is -0.128. The Balaban J connectivity index is 1.41. The van der Waals surface area contributed by atoms with Crippen molar-refractivity contribution in [1.82, 2.24) is 15.5 Å². The van der Waals surface area contributed by atoms with Gasteiger partial charge in [0.1, 0.15) is 5.75 Å². The highest BCUT2D eigenvalue weighted by Crippen LogP contribution is 2.26. The number of rotatable bonds is 7. The van der Waals surface area contributed by atoms with Gasteiger partial charge in [-0.25, -0.2) is 0 Å². The first kappa shape index (κ1) is 18.7. The van der Waals surface area contributed by atoms with Gasteiger partial charge in [-0.3, -0.25) is 4.79 Å². The van der Waals surface area contributed by atoms with E-state index in [1.54, 1.807) is 0 Å². The van der Waals surface area contributed by atoms with E-state index < -0.39 is 6.10 Å². The van der Waals surface area contributed by atoms with Crippen LogP contribution in [0.2, 0.25) is 0 Å². The number of amides is 1. The first-order valence-electron chi connectivity index (χ1n) is 9.54. The zero-order valence-corrected chi connectivity index (χ0v) is 16.0. The summed E-state index contributed by atoms with van der Waals surface area (Å²) < 4.78 is 11.3. The van der Waals surface area contributed by atoms with Gasteiger partial charge in [-0.2, -0.15) is 4.98 Å². The third-order valence-corrected chi connectivity index (χ3v) is 4.60. The molecule has 3 aromatic carbocycles. The fraction of sp³-hybridized carbons (Fsp3) is 0.174. The molecule has 6 heteroatoms. The molecule has 0 unspecified atom stereocenters. The molecule has 0 aliphatic heterocycles. The molecule has 1 amide bonds. The predicted molar refractivity (Wildman–Crippen MR) is 110 cm³/mol. The Morgan fingerprint density at radius 1 is 1.03 bits per heavy atom. The van der Waals surface area contributed by atoms with Crippen LogP contribution in [0.15, 0.2) is 77.3 Å². The second kappa shape index (κ2) is 8.56. The summed E-state index contributed by atoms with van der Waals surface area (Å²) in [6, 6.07) is 23.3. The van der Waals surface area contributed by atoms with Crippen LogP contribution in [-0.4, -0.2) is 22.2 Å². The van der Waals surface area contributed by atoms with Gasteiger partial charge in [-0.15, -0.1) is 0 Å². The monoisotopic (exact) mass is 387 g/mol. The van der Waals surface area contributed by atoms with Crippen LogP contribution in [0.1, 0.15) is 19.2 Å². The van der Waals surface area contributed by atoms with Crippen LogP contribution in [0, 0.1) is 0 Å². The van der Waals surface area contributed by atoms with E-state index in [1.165, 1.54) is 0 Å². The molecule has 29 heavy (non-hydrogen) atoms. The maximum atomic E-state index is 12.6. The van der Waals surface area contributed by atoms with Crippen molar-refractivity contribution in [2.24, 2.45) is 0 Å². The first-order valence-corrected chi connectivity index (χ1v) is 9.54. The molecule has 1 heterocycles. The van der Waals surface area contributed by atoms with Crippen LogP contribution in [0.25, 0.3) is 22.2 Å². The average Bonchev–Trinajstić information content (AvgIpc) is 3.25. The molecule has 0 saturated heterocycles. The number of nitrogens with zero attached hydrogens (tertiary/aromatic N) is 2. The van der Waals surface area contributed by atoms with Crippen LogP contribution < -0.4 is 10.1 Å². The summed E-state index contributed by atoms with van der Waals surface area (Å²) >= 11 is 0. The van der Waals surface area contributed by atoms with E-state index >= 15 is 0 Å². The molecule has 1 aromatic heterocycles. The van der Waals surface area contributed by atoms with Gasteiger partial charge in [0.15, 0.2) is 6.10 Å². The van der Waals surface area contributed by atoms with Crippen molar-refractivity contribution in [3.05, 3.63) is 78.7 Å². The standard InChI is InChI=1S/C23H21N3O3/c1-2-19(28-20-14-8-12-16-9-6-7-13-18(16)20)23(27)24-15-21-25-22(26-29-21)17-10-4-3-5-11-17/h3-14,19H,2,15H2,1H3,(H,24,27)/t19-/m0/s1. The van der Waals surface area contributed by atoms with Crippen molar-refractivity contribution in [1.29, 1.82) is 0 Å². The largest absolute Gasteiger partial charge is 0.480 e. The Hall–Kier alpha value is -3.67. The van der Waals surface area contributed by atoms with Gasteiger partial charge in [0.2, 0.25) is 11.7 Å². The van der Waals surface area contributed by atoms with Gasteiger partial charge >= 0.3 is 0 Å². The normalized spacial score (nSPS) is 11.9. The SMILES string of the molecule is CC[C@H](Oc1cccc2ccccc12)C(=O)NCc1nc(-c2ccccc2)no1. The highest BCUT2D eigenvalue weighted by Gasteiger charge is 2.20. The van der Waals surface area contributed by atoms with Gasteiger partial charge in [0, 0.05) is 10.9 Å². The molecule has 0 fully saturated rings. The van der Waals surface area contributed by atoms with Crippen molar-refractivity contribution in [3.63, 3.8) is 0 Å². The van der Waals surface area contributed by atoms with Crippen LogP contribution >= 0.6 is 0 Å². The molecule has 4 rings (SSSR count). The summed E-state index contributed by atoms with van der Waals surface area (Å²) in [5.41, 5.74) is 0.861. The Bertz CT molecular complexity index is 1100. The van der Waals surface area contributed by atoms with E-state index in [-0.39, 0.29) is 12.5 Å². The minimum Gasteiger partial charge on any atom is -0.480 e.